The molecular formula is C21H19F2N3O4. The lowest BCUT2D eigenvalue weighted by Crippen LogP contribution is -2.49. The van der Waals surface area contributed by atoms with Gasteiger partial charge in [0.1, 0.15) is 17.2 Å². The van der Waals surface area contributed by atoms with Crippen LogP contribution >= 0.6 is 0 Å². The van der Waals surface area contributed by atoms with Crippen LogP contribution in [-0.4, -0.2) is 39.5 Å². The van der Waals surface area contributed by atoms with E-state index in [2.05, 4.69) is 5.32 Å². The van der Waals surface area contributed by atoms with Crippen LogP contribution in [0.5, 0.6) is 5.75 Å². The number of pyridine rings is 1. The molecule has 0 radical (unpaired) electrons. The Bertz CT molecular complexity index is 1160. The minimum absolute atomic E-state index is 0.0578. The zero-order chi connectivity index (χ0) is 21.2. The Hall–Kier alpha value is -3.23. The van der Waals surface area contributed by atoms with Gasteiger partial charge in [0.05, 0.1) is 5.54 Å². The minimum atomic E-state index is -0.944. The van der Waals surface area contributed by atoms with Crippen molar-refractivity contribution in [2.45, 2.75) is 31.3 Å². The lowest BCUT2D eigenvalue weighted by molar-refractivity contribution is 0.0650. The third-order valence-corrected chi connectivity index (χ3v) is 6.50. The first kappa shape index (κ1) is 18.8. The van der Waals surface area contributed by atoms with E-state index >= 15 is 0 Å². The topological polar surface area (TPSA) is 91.6 Å². The van der Waals surface area contributed by atoms with Crippen molar-refractivity contribution in [2.24, 2.45) is 5.92 Å². The molecule has 1 aliphatic carbocycles. The van der Waals surface area contributed by atoms with E-state index in [0.29, 0.717) is 25.1 Å². The van der Waals surface area contributed by atoms with Crippen molar-refractivity contribution in [1.82, 2.24) is 14.8 Å². The third-order valence-electron chi connectivity index (χ3n) is 6.50. The number of fused-ring (bicyclic) bond motifs is 2. The number of aromatic hydroxyl groups is 1. The van der Waals surface area contributed by atoms with Crippen molar-refractivity contribution in [1.29, 1.82) is 0 Å². The summed E-state index contributed by atoms with van der Waals surface area (Å²) in [6, 6.07) is 2.98. The second-order valence-electron chi connectivity index (χ2n) is 8.23. The average Bonchev–Trinajstić information content (AvgIpc) is 3.41. The fraction of sp³-hybridized carbons (Fsp3) is 0.381. The molecule has 156 valence electrons. The number of benzene rings is 1. The van der Waals surface area contributed by atoms with Crippen LogP contribution in [0.4, 0.5) is 8.78 Å². The van der Waals surface area contributed by atoms with Crippen LogP contribution in [0.3, 0.4) is 0 Å². The summed E-state index contributed by atoms with van der Waals surface area (Å²) < 4.78 is 28.5. The summed E-state index contributed by atoms with van der Waals surface area (Å²) in [7, 11) is 0. The Morgan fingerprint density at radius 1 is 1.30 bits per heavy atom. The van der Waals surface area contributed by atoms with Crippen molar-refractivity contribution in [3.05, 3.63) is 63.1 Å². The van der Waals surface area contributed by atoms with Crippen LogP contribution < -0.4 is 10.7 Å². The monoisotopic (exact) mass is 415 g/mol. The summed E-state index contributed by atoms with van der Waals surface area (Å²) in [5, 5.41) is 13.0. The smallest absolute Gasteiger partial charge is 0.274 e. The number of halogens is 2. The van der Waals surface area contributed by atoms with Crippen LogP contribution in [0.15, 0.2) is 29.2 Å². The number of amides is 2. The van der Waals surface area contributed by atoms with E-state index in [9.17, 15) is 28.3 Å². The summed E-state index contributed by atoms with van der Waals surface area (Å²) >= 11 is 0. The molecule has 2 atom stereocenters. The van der Waals surface area contributed by atoms with E-state index in [1.165, 1.54) is 12.3 Å². The quantitative estimate of drug-likeness (QED) is 0.799. The number of hydrogen-bond acceptors (Lipinski definition) is 4. The van der Waals surface area contributed by atoms with Crippen molar-refractivity contribution >= 4 is 11.8 Å². The predicted octanol–water partition coefficient (Wildman–Crippen LogP) is 1.73. The van der Waals surface area contributed by atoms with E-state index in [-0.39, 0.29) is 23.4 Å². The second-order valence-corrected chi connectivity index (χ2v) is 8.23. The molecule has 2 amide bonds. The number of carbonyl (C=O) groups is 2. The fourth-order valence-electron chi connectivity index (χ4n) is 4.82. The van der Waals surface area contributed by atoms with E-state index in [1.807, 2.05) is 0 Å². The fourth-order valence-corrected chi connectivity index (χ4v) is 4.82. The van der Waals surface area contributed by atoms with Gasteiger partial charge in [0.15, 0.2) is 11.4 Å². The number of nitrogens with one attached hydrogen (secondary N) is 1. The van der Waals surface area contributed by atoms with Crippen molar-refractivity contribution < 1.29 is 23.5 Å². The third kappa shape index (κ3) is 2.64. The number of nitrogens with zero attached hydrogens (tertiary/aromatic N) is 2. The highest BCUT2D eigenvalue weighted by molar-refractivity contribution is 5.99. The Labute approximate surface area is 169 Å². The molecule has 3 aliphatic rings. The largest absolute Gasteiger partial charge is 0.503 e. The molecule has 2 bridgehead atoms. The summed E-state index contributed by atoms with van der Waals surface area (Å²) in [6.45, 7) is 0.817. The van der Waals surface area contributed by atoms with E-state index in [1.54, 1.807) is 9.47 Å². The first-order valence-corrected chi connectivity index (χ1v) is 9.82. The Morgan fingerprint density at radius 2 is 2.10 bits per heavy atom. The van der Waals surface area contributed by atoms with Crippen LogP contribution in [-0.2, 0) is 12.1 Å². The van der Waals surface area contributed by atoms with Gasteiger partial charge in [0.2, 0.25) is 5.43 Å². The minimum Gasteiger partial charge on any atom is -0.503 e. The lowest BCUT2D eigenvalue weighted by atomic mass is 10.0. The molecule has 7 nitrogen and oxygen atoms in total. The number of aromatic nitrogens is 1. The Morgan fingerprint density at radius 3 is 2.87 bits per heavy atom. The summed E-state index contributed by atoms with van der Waals surface area (Å²) in [5.41, 5.74) is -1.67. The van der Waals surface area contributed by atoms with Gasteiger partial charge in [-0.25, -0.2) is 8.78 Å². The first-order chi connectivity index (χ1) is 14.3. The molecule has 2 fully saturated rings. The molecule has 1 saturated heterocycles. The molecule has 5 rings (SSSR count). The van der Waals surface area contributed by atoms with Gasteiger partial charge in [-0.1, -0.05) is 6.07 Å². The SMILES string of the molecule is O=C(NCc1ccc(F)cc1F)c1cn2c(c(O)c1=O)C(=O)N1CCC[C@H]3C[C@@]32C1. The van der Waals surface area contributed by atoms with Crippen molar-refractivity contribution in [2.75, 3.05) is 13.1 Å². The highest BCUT2D eigenvalue weighted by Gasteiger charge is 2.61. The normalized spacial score (nSPS) is 24.0. The maximum atomic E-state index is 13.8. The van der Waals surface area contributed by atoms with Gasteiger partial charge < -0.3 is 19.9 Å². The average molecular weight is 415 g/mol. The molecule has 0 unspecified atom stereocenters. The van der Waals surface area contributed by atoms with E-state index in [4.69, 9.17) is 0 Å². The molecule has 1 spiro atoms. The molecule has 2 aromatic rings. The van der Waals surface area contributed by atoms with Gasteiger partial charge in [0.25, 0.3) is 11.8 Å². The Kier molecular flexibility index (Phi) is 4.00. The van der Waals surface area contributed by atoms with E-state index in [0.717, 1.165) is 25.3 Å². The predicted molar refractivity (Wildman–Crippen MR) is 101 cm³/mol. The molecule has 2 aliphatic heterocycles. The highest BCUT2D eigenvalue weighted by Crippen LogP contribution is 2.57. The second kappa shape index (κ2) is 6.38. The van der Waals surface area contributed by atoms with Gasteiger partial charge in [-0.3, -0.25) is 14.4 Å². The number of carbonyl (C=O) groups excluding carboxylic acids is 2. The van der Waals surface area contributed by atoms with Crippen molar-refractivity contribution in [3.63, 3.8) is 0 Å². The standard InChI is InChI=1S/C21H19F2N3O4/c22-13-4-3-11(15(23)6-13)8-24-19(29)14-9-26-16(18(28)17(14)27)20(30)25-5-1-2-12-7-21(12,26)10-25/h3-4,6,9,12,28H,1-2,5,7-8,10H2,(H,24,29)/t12-,21+/m0/s1. The van der Waals surface area contributed by atoms with Crippen LogP contribution in [0.2, 0.25) is 0 Å². The molecule has 30 heavy (non-hydrogen) atoms. The zero-order valence-electron chi connectivity index (χ0n) is 16.0. The maximum absolute atomic E-state index is 13.8. The molecular weight excluding hydrogens is 396 g/mol. The van der Waals surface area contributed by atoms with Crippen LogP contribution in [0.25, 0.3) is 0 Å². The van der Waals surface area contributed by atoms with Crippen LogP contribution in [0, 0.1) is 17.6 Å². The summed E-state index contributed by atoms with van der Waals surface area (Å²) in [4.78, 5) is 39.8. The molecule has 1 saturated carbocycles. The zero-order valence-corrected chi connectivity index (χ0v) is 16.0. The number of hydrogen-bond donors (Lipinski definition) is 2. The number of rotatable bonds is 3. The van der Waals surface area contributed by atoms with Gasteiger partial charge in [0, 0.05) is 37.5 Å². The summed E-state index contributed by atoms with van der Waals surface area (Å²) in [6.07, 6.45) is 3.94. The van der Waals surface area contributed by atoms with Gasteiger partial charge in [-0.2, -0.15) is 0 Å². The maximum Gasteiger partial charge on any atom is 0.274 e. The molecule has 3 heterocycles. The van der Waals surface area contributed by atoms with Gasteiger partial charge in [-0.05, 0) is 31.2 Å². The molecule has 9 heteroatoms. The molecule has 2 N–H and O–H groups in total. The lowest BCUT2D eigenvalue weighted by Gasteiger charge is -2.36. The summed E-state index contributed by atoms with van der Waals surface area (Å²) in [5.74, 6) is -3.18. The highest BCUT2D eigenvalue weighted by atomic mass is 19.1. The van der Waals surface area contributed by atoms with E-state index < -0.39 is 40.2 Å². The van der Waals surface area contributed by atoms with Gasteiger partial charge in [-0.15, -0.1) is 0 Å². The van der Waals surface area contributed by atoms with Gasteiger partial charge >= 0.3 is 0 Å². The molecule has 1 aromatic carbocycles. The Balaban J connectivity index is 1.50. The first-order valence-electron chi connectivity index (χ1n) is 9.82. The van der Waals surface area contributed by atoms with Crippen LogP contribution in [0.1, 0.15) is 45.7 Å². The van der Waals surface area contributed by atoms with Crippen molar-refractivity contribution in [3.8, 4) is 5.75 Å². The molecule has 1 aromatic heterocycles.